The van der Waals surface area contributed by atoms with Crippen molar-refractivity contribution >= 4 is 39.1 Å². The molecular formula is C29H33ClFN3O4S. The van der Waals surface area contributed by atoms with E-state index in [1.54, 1.807) is 38.1 Å². The Labute approximate surface area is 234 Å². The molecule has 0 spiro atoms. The van der Waals surface area contributed by atoms with Crippen LogP contribution in [0.2, 0.25) is 5.02 Å². The van der Waals surface area contributed by atoms with Crippen molar-refractivity contribution in [2.45, 2.75) is 58.1 Å². The van der Waals surface area contributed by atoms with Gasteiger partial charge in [0.15, 0.2) is 0 Å². The van der Waals surface area contributed by atoms with Crippen molar-refractivity contribution in [2.24, 2.45) is 0 Å². The number of anilines is 1. The summed E-state index contributed by atoms with van der Waals surface area (Å²) in [5.41, 5.74) is 2.28. The normalized spacial score (nSPS) is 12.2. The van der Waals surface area contributed by atoms with E-state index in [0.717, 1.165) is 15.4 Å². The Hall–Kier alpha value is -3.43. The number of amides is 2. The minimum atomic E-state index is -4.22. The van der Waals surface area contributed by atoms with Gasteiger partial charge in [-0.3, -0.25) is 13.9 Å². The second-order valence-electron chi connectivity index (χ2n) is 9.69. The maximum Gasteiger partial charge on any atom is 0.264 e. The average molecular weight is 574 g/mol. The molecule has 10 heteroatoms. The van der Waals surface area contributed by atoms with Crippen LogP contribution in [0.15, 0.2) is 71.6 Å². The second-order valence-corrected chi connectivity index (χ2v) is 12.0. The van der Waals surface area contributed by atoms with Gasteiger partial charge in [-0.1, -0.05) is 35.9 Å². The molecule has 0 aromatic heterocycles. The SMILES string of the molecule is Cc1ccc(N(CC(=O)N(Cc2ccccc2F)[C@@H](C)C(=O)NC(C)C)S(=O)(=O)c2ccc(Cl)cc2)cc1C. The molecule has 39 heavy (non-hydrogen) atoms. The molecule has 3 aromatic rings. The van der Waals surface area contributed by atoms with E-state index in [2.05, 4.69) is 5.32 Å². The van der Waals surface area contributed by atoms with Gasteiger partial charge >= 0.3 is 0 Å². The smallest absolute Gasteiger partial charge is 0.264 e. The molecule has 7 nitrogen and oxygen atoms in total. The lowest BCUT2D eigenvalue weighted by molar-refractivity contribution is -0.139. The van der Waals surface area contributed by atoms with Crippen LogP contribution in [0.1, 0.15) is 37.5 Å². The maximum atomic E-state index is 14.6. The Morgan fingerprint density at radius 2 is 1.59 bits per heavy atom. The number of sulfonamides is 1. The Balaban J connectivity index is 2.07. The molecule has 0 heterocycles. The summed E-state index contributed by atoms with van der Waals surface area (Å²) < 4.78 is 43.3. The van der Waals surface area contributed by atoms with Crippen LogP contribution in [-0.2, 0) is 26.2 Å². The third-order valence-corrected chi connectivity index (χ3v) is 8.40. The molecular weight excluding hydrogens is 541 g/mol. The molecule has 0 aliphatic rings. The van der Waals surface area contributed by atoms with E-state index in [1.807, 2.05) is 13.8 Å². The van der Waals surface area contributed by atoms with Gasteiger partial charge in [0.1, 0.15) is 18.4 Å². The van der Waals surface area contributed by atoms with Gasteiger partial charge in [-0.25, -0.2) is 12.8 Å². The summed E-state index contributed by atoms with van der Waals surface area (Å²) in [6.07, 6.45) is 0. The number of carbonyl (C=O) groups is 2. The minimum absolute atomic E-state index is 0.0517. The van der Waals surface area contributed by atoms with Crippen LogP contribution in [0, 0.1) is 19.7 Å². The summed E-state index contributed by atoms with van der Waals surface area (Å²) in [4.78, 5) is 27.9. The third-order valence-electron chi connectivity index (χ3n) is 6.36. The summed E-state index contributed by atoms with van der Waals surface area (Å²) in [6.45, 7) is 8.01. The Kier molecular flexibility index (Phi) is 9.74. The molecule has 0 fully saturated rings. The number of carbonyl (C=O) groups excluding carboxylic acids is 2. The number of nitrogens with one attached hydrogen (secondary N) is 1. The van der Waals surface area contributed by atoms with E-state index in [9.17, 15) is 22.4 Å². The molecule has 0 bridgehead atoms. The number of nitrogens with zero attached hydrogens (tertiary/aromatic N) is 2. The van der Waals surface area contributed by atoms with Gasteiger partial charge in [-0.2, -0.15) is 0 Å². The van der Waals surface area contributed by atoms with Crippen molar-refractivity contribution < 1.29 is 22.4 Å². The highest BCUT2D eigenvalue weighted by Gasteiger charge is 2.33. The fourth-order valence-electron chi connectivity index (χ4n) is 3.94. The minimum Gasteiger partial charge on any atom is -0.352 e. The lowest BCUT2D eigenvalue weighted by Gasteiger charge is -2.32. The number of hydrogen-bond acceptors (Lipinski definition) is 4. The third kappa shape index (κ3) is 7.36. The predicted molar refractivity (Wildman–Crippen MR) is 152 cm³/mol. The van der Waals surface area contributed by atoms with Gasteiger partial charge in [-0.05, 0) is 88.2 Å². The molecule has 0 aliphatic heterocycles. The van der Waals surface area contributed by atoms with Crippen molar-refractivity contribution in [3.05, 3.63) is 94.3 Å². The van der Waals surface area contributed by atoms with Crippen LogP contribution >= 0.6 is 11.6 Å². The number of aryl methyl sites for hydroxylation is 2. The van der Waals surface area contributed by atoms with Crippen molar-refractivity contribution in [1.29, 1.82) is 0 Å². The highest BCUT2D eigenvalue weighted by Crippen LogP contribution is 2.27. The van der Waals surface area contributed by atoms with Gasteiger partial charge in [0, 0.05) is 23.2 Å². The van der Waals surface area contributed by atoms with Crippen LogP contribution in [0.25, 0.3) is 0 Å². The second kappa shape index (κ2) is 12.6. The first kappa shape index (κ1) is 30.1. The van der Waals surface area contributed by atoms with Crippen LogP contribution in [0.3, 0.4) is 0 Å². The summed E-state index contributed by atoms with van der Waals surface area (Å²) in [5.74, 6) is -1.64. The quantitative estimate of drug-likeness (QED) is 0.360. The van der Waals surface area contributed by atoms with Crippen molar-refractivity contribution in [3.8, 4) is 0 Å². The van der Waals surface area contributed by atoms with Gasteiger partial charge in [-0.15, -0.1) is 0 Å². The predicted octanol–water partition coefficient (Wildman–Crippen LogP) is 5.23. The molecule has 0 saturated heterocycles. The van der Waals surface area contributed by atoms with E-state index in [4.69, 9.17) is 11.6 Å². The van der Waals surface area contributed by atoms with E-state index >= 15 is 0 Å². The molecule has 0 unspecified atom stereocenters. The van der Waals surface area contributed by atoms with E-state index in [-0.39, 0.29) is 28.7 Å². The van der Waals surface area contributed by atoms with Gasteiger partial charge < -0.3 is 10.2 Å². The summed E-state index contributed by atoms with van der Waals surface area (Å²) in [5, 5.41) is 3.13. The summed E-state index contributed by atoms with van der Waals surface area (Å²) >= 11 is 5.97. The first-order valence-electron chi connectivity index (χ1n) is 12.5. The average Bonchev–Trinajstić information content (AvgIpc) is 2.87. The molecule has 1 atom stereocenters. The zero-order chi connectivity index (χ0) is 28.9. The molecule has 2 amide bonds. The number of benzene rings is 3. The molecule has 3 rings (SSSR count). The highest BCUT2D eigenvalue weighted by molar-refractivity contribution is 7.92. The number of hydrogen-bond donors (Lipinski definition) is 1. The molecule has 3 aromatic carbocycles. The standard InChI is InChI=1S/C29H33ClFN3O4S/c1-19(2)32-29(36)22(5)33(17-23-8-6-7-9-27(23)31)28(35)18-34(25-13-10-20(3)21(4)16-25)39(37,38)26-14-11-24(30)12-15-26/h6-16,19,22H,17-18H2,1-5H3,(H,32,36)/t22-/m0/s1. The largest absolute Gasteiger partial charge is 0.352 e. The zero-order valence-corrected chi connectivity index (χ0v) is 24.2. The number of halogens is 2. The molecule has 0 radical (unpaired) electrons. The van der Waals surface area contributed by atoms with Gasteiger partial charge in [0.25, 0.3) is 10.0 Å². The van der Waals surface area contributed by atoms with Crippen LogP contribution in [-0.4, -0.2) is 43.8 Å². The van der Waals surface area contributed by atoms with Crippen LogP contribution in [0.5, 0.6) is 0 Å². The lowest BCUT2D eigenvalue weighted by atomic mass is 10.1. The topological polar surface area (TPSA) is 86.8 Å². The Morgan fingerprint density at radius 3 is 2.18 bits per heavy atom. The molecule has 1 N–H and O–H groups in total. The number of rotatable bonds is 10. The van der Waals surface area contributed by atoms with Crippen molar-refractivity contribution in [3.63, 3.8) is 0 Å². The maximum absolute atomic E-state index is 14.6. The lowest BCUT2D eigenvalue weighted by Crippen LogP contribution is -2.52. The molecule has 0 aliphatic carbocycles. The highest BCUT2D eigenvalue weighted by atomic mass is 35.5. The summed E-state index contributed by atoms with van der Waals surface area (Å²) in [6, 6.07) is 15.5. The first-order chi connectivity index (χ1) is 18.3. The Morgan fingerprint density at radius 1 is 0.949 bits per heavy atom. The monoisotopic (exact) mass is 573 g/mol. The fraction of sp³-hybridized carbons (Fsp3) is 0.310. The van der Waals surface area contributed by atoms with Crippen molar-refractivity contribution in [2.75, 3.05) is 10.8 Å². The first-order valence-corrected chi connectivity index (χ1v) is 14.3. The Bertz CT molecular complexity index is 1450. The zero-order valence-electron chi connectivity index (χ0n) is 22.6. The van der Waals surface area contributed by atoms with E-state index in [0.29, 0.717) is 5.02 Å². The van der Waals surface area contributed by atoms with Crippen LogP contribution in [0.4, 0.5) is 10.1 Å². The van der Waals surface area contributed by atoms with E-state index in [1.165, 1.54) is 54.3 Å². The fourth-order valence-corrected chi connectivity index (χ4v) is 5.47. The van der Waals surface area contributed by atoms with Gasteiger partial charge in [0.2, 0.25) is 11.8 Å². The van der Waals surface area contributed by atoms with E-state index < -0.39 is 40.2 Å². The molecule has 0 saturated carbocycles. The summed E-state index contributed by atoms with van der Waals surface area (Å²) in [7, 11) is -4.22. The van der Waals surface area contributed by atoms with Crippen molar-refractivity contribution in [1.82, 2.24) is 10.2 Å². The van der Waals surface area contributed by atoms with Crippen LogP contribution < -0.4 is 9.62 Å². The molecule has 208 valence electrons. The van der Waals surface area contributed by atoms with Gasteiger partial charge in [0.05, 0.1) is 10.6 Å².